The zero-order chi connectivity index (χ0) is 12.6. The summed E-state index contributed by atoms with van der Waals surface area (Å²) in [7, 11) is 0. The van der Waals surface area contributed by atoms with Crippen molar-refractivity contribution in [3.63, 3.8) is 0 Å². The Labute approximate surface area is 107 Å². The van der Waals surface area contributed by atoms with Gasteiger partial charge in [0.15, 0.2) is 0 Å². The molecule has 1 heterocycles. The first-order valence-electron chi connectivity index (χ1n) is 6.01. The van der Waals surface area contributed by atoms with Gasteiger partial charge in [0.1, 0.15) is 5.75 Å². The molecule has 0 aliphatic carbocycles. The zero-order valence-electron chi connectivity index (χ0n) is 10.4. The van der Waals surface area contributed by atoms with Gasteiger partial charge in [-0.15, -0.1) is 5.92 Å². The van der Waals surface area contributed by atoms with Gasteiger partial charge in [0, 0.05) is 17.5 Å². The maximum Gasteiger partial charge on any atom is 0.119 e. The Morgan fingerprint density at radius 1 is 1.28 bits per heavy atom. The van der Waals surface area contributed by atoms with Crippen molar-refractivity contribution < 1.29 is 4.74 Å². The molecule has 1 aromatic heterocycles. The normalized spacial score (nSPS) is 9.61. The number of H-pyrrole nitrogens is 1. The molecule has 0 atom stereocenters. The van der Waals surface area contributed by atoms with Crippen molar-refractivity contribution in [3.05, 3.63) is 48.0 Å². The molecule has 0 amide bonds. The standard InChI is InChI=1S/C15H16N2O/c1-2-4-13-6-8-15(9-7-13)18-10-3-5-14-11-16-12-17-14/h6-9,11-12H,3,5,10H2,1H3,(H,16,17). The third-order valence-corrected chi connectivity index (χ3v) is 2.54. The number of aromatic nitrogens is 2. The van der Waals surface area contributed by atoms with Crippen LogP contribution in [0.1, 0.15) is 24.6 Å². The van der Waals surface area contributed by atoms with Crippen molar-refractivity contribution in [2.75, 3.05) is 6.61 Å². The van der Waals surface area contributed by atoms with Gasteiger partial charge in [-0.3, -0.25) is 0 Å². The molecule has 0 unspecified atom stereocenters. The van der Waals surface area contributed by atoms with Crippen molar-refractivity contribution in [1.82, 2.24) is 9.97 Å². The monoisotopic (exact) mass is 240 g/mol. The molecular formula is C15H16N2O. The second-order valence-electron chi connectivity index (χ2n) is 3.93. The quantitative estimate of drug-likeness (QED) is 0.644. The van der Waals surface area contributed by atoms with Crippen LogP contribution in [0.4, 0.5) is 0 Å². The van der Waals surface area contributed by atoms with Gasteiger partial charge < -0.3 is 9.72 Å². The van der Waals surface area contributed by atoms with E-state index in [2.05, 4.69) is 21.8 Å². The molecule has 0 radical (unpaired) electrons. The molecule has 2 aromatic rings. The van der Waals surface area contributed by atoms with Crippen molar-refractivity contribution in [3.8, 4) is 17.6 Å². The van der Waals surface area contributed by atoms with Gasteiger partial charge in [-0.25, -0.2) is 4.98 Å². The highest BCUT2D eigenvalue weighted by atomic mass is 16.5. The van der Waals surface area contributed by atoms with Crippen LogP contribution in [-0.4, -0.2) is 16.6 Å². The van der Waals surface area contributed by atoms with Gasteiger partial charge in [-0.2, -0.15) is 0 Å². The molecule has 1 N–H and O–H groups in total. The summed E-state index contributed by atoms with van der Waals surface area (Å²) < 4.78 is 5.65. The highest BCUT2D eigenvalue weighted by molar-refractivity contribution is 5.37. The first kappa shape index (κ1) is 12.3. The number of aryl methyl sites for hydroxylation is 1. The number of ether oxygens (including phenoxy) is 1. The van der Waals surface area contributed by atoms with Gasteiger partial charge in [-0.05, 0) is 44.0 Å². The highest BCUT2D eigenvalue weighted by Gasteiger charge is 1.96. The predicted molar refractivity (Wildman–Crippen MR) is 71.4 cm³/mol. The first-order chi connectivity index (χ1) is 8.88. The van der Waals surface area contributed by atoms with E-state index in [-0.39, 0.29) is 0 Å². The Kier molecular flexibility index (Phi) is 4.43. The molecule has 92 valence electrons. The van der Waals surface area contributed by atoms with Gasteiger partial charge in [0.25, 0.3) is 0 Å². The molecule has 0 bridgehead atoms. The number of benzene rings is 1. The Bertz CT molecular complexity index is 518. The minimum absolute atomic E-state index is 0.706. The summed E-state index contributed by atoms with van der Waals surface area (Å²) in [5, 5.41) is 0. The van der Waals surface area contributed by atoms with Crippen molar-refractivity contribution >= 4 is 0 Å². The topological polar surface area (TPSA) is 37.9 Å². The number of hydrogen-bond donors (Lipinski definition) is 1. The molecule has 3 heteroatoms. The molecule has 0 saturated heterocycles. The second kappa shape index (κ2) is 6.51. The van der Waals surface area contributed by atoms with Crippen molar-refractivity contribution in [2.45, 2.75) is 19.8 Å². The maximum absolute atomic E-state index is 5.65. The van der Waals surface area contributed by atoms with Crippen molar-refractivity contribution in [1.29, 1.82) is 0 Å². The summed E-state index contributed by atoms with van der Waals surface area (Å²) in [4.78, 5) is 7.05. The largest absolute Gasteiger partial charge is 0.494 e. The number of aromatic amines is 1. The lowest BCUT2D eigenvalue weighted by Gasteiger charge is -2.05. The molecule has 0 fully saturated rings. The van der Waals surface area contributed by atoms with E-state index >= 15 is 0 Å². The number of imidazole rings is 1. The van der Waals surface area contributed by atoms with Crippen LogP contribution in [0.25, 0.3) is 0 Å². The summed E-state index contributed by atoms with van der Waals surface area (Å²) in [5.41, 5.74) is 2.16. The Morgan fingerprint density at radius 2 is 2.11 bits per heavy atom. The molecule has 1 aromatic carbocycles. The lowest BCUT2D eigenvalue weighted by atomic mass is 10.2. The number of rotatable bonds is 5. The van der Waals surface area contributed by atoms with Crippen LogP contribution in [0.2, 0.25) is 0 Å². The fourth-order valence-corrected chi connectivity index (χ4v) is 1.65. The van der Waals surface area contributed by atoms with Crippen molar-refractivity contribution in [2.24, 2.45) is 0 Å². The smallest absolute Gasteiger partial charge is 0.119 e. The third kappa shape index (κ3) is 3.67. The summed E-state index contributed by atoms with van der Waals surface area (Å²) in [6.45, 7) is 2.54. The lowest BCUT2D eigenvalue weighted by Crippen LogP contribution is -1.99. The van der Waals surface area contributed by atoms with Gasteiger partial charge in [0.05, 0.1) is 12.9 Å². The minimum Gasteiger partial charge on any atom is -0.494 e. The van der Waals surface area contributed by atoms with Crippen LogP contribution >= 0.6 is 0 Å². The third-order valence-electron chi connectivity index (χ3n) is 2.54. The van der Waals surface area contributed by atoms with Gasteiger partial charge in [0.2, 0.25) is 0 Å². The highest BCUT2D eigenvalue weighted by Crippen LogP contribution is 2.12. The maximum atomic E-state index is 5.65. The molecule has 0 aliphatic rings. The van der Waals surface area contributed by atoms with E-state index in [9.17, 15) is 0 Å². The van der Waals surface area contributed by atoms with Gasteiger partial charge in [-0.1, -0.05) is 5.92 Å². The van der Waals surface area contributed by atoms with Crippen LogP contribution in [0.15, 0.2) is 36.8 Å². The average Bonchev–Trinajstić information content (AvgIpc) is 2.90. The summed E-state index contributed by atoms with van der Waals surface area (Å²) in [5.74, 6) is 6.77. The SMILES string of the molecule is CC#Cc1ccc(OCCCc2cnc[nH]2)cc1. The molecule has 2 rings (SSSR count). The number of nitrogens with one attached hydrogen (secondary N) is 1. The summed E-state index contributed by atoms with van der Waals surface area (Å²) in [6, 6.07) is 7.85. The van der Waals surface area contributed by atoms with Crippen LogP contribution in [0, 0.1) is 11.8 Å². The molecule has 0 aliphatic heterocycles. The fraction of sp³-hybridized carbons (Fsp3) is 0.267. The zero-order valence-corrected chi connectivity index (χ0v) is 10.4. The molecule has 0 saturated carbocycles. The van der Waals surface area contributed by atoms with E-state index in [1.807, 2.05) is 37.4 Å². The van der Waals surface area contributed by atoms with Crippen LogP contribution in [0.5, 0.6) is 5.75 Å². The Morgan fingerprint density at radius 3 is 2.78 bits per heavy atom. The second-order valence-corrected chi connectivity index (χ2v) is 3.93. The van der Waals surface area contributed by atoms with E-state index < -0.39 is 0 Å². The van der Waals surface area contributed by atoms with Crippen LogP contribution < -0.4 is 4.74 Å². The van der Waals surface area contributed by atoms with E-state index in [1.165, 1.54) is 0 Å². The minimum atomic E-state index is 0.706. The summed E-state index contributed by atoms with van der Waals surface area (Å²) >= 11 is 0. The predicted octanol–water partition coefficient (Wildman–Crippen LogP) is 2.79. The lowest BCUT2D eigenvalue weighted by molar-refractivity contribution is 0.310. The first-order valence-corrected chi connectivity index (χ1v) is 6.01. The van der Waals surface area contributed by atoms with E-state index in [1.54, 1.807) is 6.33 Å². The number of nitrogens with zero attached hydrogens (tertiary/aromatic N) is 1. The fourth-order valence-electron chi connectivity index (χ4n) is 1.65. The molecule has 3 nitrogen and oxygen atoms in total. The van der Waals surface area contributed by atoms with Crippen LogP contribution in [0.3, 0.4) is 0 Å². The Hall–Kier alpha value is -2.21. The molecule has 0 spiro atoms. The van der Waals surface area contributed by atoms with Gasteiger partial charge >= 0.3 is 0 Å². The van der Waals surface area contributed by atoms with E-state index in [0.717, 1.165) is 29.8 Å². The molecule has 18 heavy (non-hydrogen) atoms. The number of hydrogen-bond acceptors (Lipinski definition) is 2. The van der Waals surface area contributed by atoms with Crippen LogP contribution in [-0.2, 0) is 6.42 Å². The Balaban J connectivity index is 1.74. The van der Waals surface area contributed by atoms with E-state index in [0.29, 0.717) is 6.61 Å². The molecular weight excluding hydrogens is 224 g/mol. The van der Waals surface area contributed by atoms with E-state index in [4.69, 9.17) is 4.74 Å². The summed E-state index contributed by atoms with van der Waals surface area (Å²) in [6.07, 6.45) is 5.47. The average molecular weight is 240 g/mol.